The molecule has 6 heteroatoms. The normalized spacial score (nSPS) is 11.2. The number of fused-ring (bicyclic) bond motifs is 1. The summed E-state index contributed by atoms with van der Waals surface area (Å²) in [6.07, 6.45) is 2.72. The molecule has 126 valence electrons. The predicted molar refractivity (Wildman–Crippen MR) is 97.8 cm³/mol. The van der Waals surface area contributed by atoms with Crippen LogP contribution in [0.1, 0.15) is 23.1 Å². The number of benzene rings is 1. The Kier molecular flexibility index (Phi) is 5.06. The molecule has 0 atom stereocenters. The number of aryl methyl sites for hydroxylation is 2. The topological polar surface area (TPSA) is 59.7 Å². The van der Waals surface area contributed by atoms with E-state index in [1.807, 2.05) is 38.1 Å². The van der Waals surface area contributed by atoms with Crippen LogP contribution in [0.4, 0.5) is 0 Å². The van der Waals surface area contributed by atoms with E-state index in [-0.39, 0.29) is 6.61 Å². The number of hydrogen-bond donors (Lipinski definition) is 2. The summed E-state index contributed by atoms with van der Waals surface area (Å²) in [7, 11) is 0. The average molecular weight is 343 g/mol. The second kappa shape index (κ2) is 7.23. The first kappa shape index (κ1) is 16.8. The number of thiol groups is 1. The van der Waals surface area contributed by atoms with Gasteiger partial charge in [0.2, 0.25) is 0 Å². The summed E-state index contributed by atoms with van der Waals surface area (Å²) in [5, 5.41) is 13.8. The van der Waals surface area contributed by atoms with Crippen molar-refractivity contribution in [2.24, 2.45) is 0 Å². The number of aliphatic hydroxyl groups is 1. The second-order valence-corrected chi connectivity index (χ2v) is 6.24. The second-order valence-electron chi connectivity index (χ2n) is 5.79. The number of aliphatic hydroxyl groups excluding tert-OH is 1. The van der Waals surface area contributed by atoms with Crippen LogP contribution in [0.3, 0.4) is 0 Å². The van der Waals surface area contributed by atoms with Crippen LogP contribution in [0.2, 0.25) is 0 Å². The van der Waals surface area contributed by atoms with E-state index in [1.165, 1.54) is 0 Å². The molecular weight excluding hydrogens is 322 g/mol. The van der Waals surface area contributed by atoms with Crippen molar-refractivity contribution >= 4 is 18.3 Å². The van der Waals surface area contributed by atoms with Gasteiger partial charge in [-0.2, -0.15) is 12.6 Å². The monoisotopic (exact) mass is 343 g/mol. The van der Waals surface area contributed by atoms with Crippen LogP contribution >= 0.6 is 12.6 Å². The lowest BCUT2D eigenvalue weighted by molar-refractivity contribution is 0.281. The van der Waals surface area contributed by atoms with Gasteiger partial charge in [0, 0.05) is 11.8 Å². The third-order valence-electron chi connectivity index (χ3n) is 3.88. The van der Waals surface area contributed by atoms with Crippen molar-refractivity contribution in [3.05, 3.63) is 47.2 Å². The standard InChI is InChI=1S/C18H21N3O2S/c1-12-8-15(23-6-3-7-24)9-13(2)17(12)18-19-16-5-4-14(11-22)10-21(16)20-18/h4-5,8-10,22,24H,3,6-7,11H2,1-2H3. The molecular formula is C18H21N3O2S. The molecule has 3 rings (SSSR count). The smallest absolute Gasteiger partial charge is 0.182 e. The van der Waals surface area contributed by atoms with Crippen LogP contribution < -0.4 is 4.74 Å². The van der Waals surface area contributed by atoms with Gasteiger partial charge in [-0.15, -0.1) is 5.10 Å². The fourth-order valence-electron chi connectivity index (χ4n) is 2.74. The molecule has 2 aromatic heterocycles. The minimum absolute atomic E-state index is 0.0124. The van der Waals surface area contributed by atoms with Crippen molar-refractivity contribution in [3.8, 4) is 17.1 Å². The van der Waals surface area contributed by atoms with Crippen molar-refractivity contribution < 1.29 is 9.84 Å². The van der Waals surface area contributed by atoms with E-state index in [2.05, 4.69) is 22.7 Å². The zero-order valence-electron chi connectivity index (χ0n) is 13.9. The molecule has 0 aliphatic rings. The number of hydrogen-bond acceptors (Lipinski definition) is 5. The third kappa shape index (κ3) is 3.39. The average Bonchev–Trinajstić information content (AvgIpc) is 2.96. The predicted octanol–water partition coefficient (Wildman–Crippen LogP) is 3.20. The van der Waals surface area contributed by atoms with Crippen LogP contribution in [-0.2, 0) is 6.61 Å². The molecule has 0 amide bonds. The van der Waals surface area contributed by atoms with Gasteiger partial charge in [-0.25, -0.2) is 9.50 Å². The van der Waals surface area contributed by atoms with Gasteiger partial charge in [0.05, 0.1) is 13.2 Å². The first-order valence-electron chi connectivity index (χ1n) is 7.94. The Morgan fingerprint density at radius 2 is 1.96 bits per heavy atom. The summed E-state index contributed by atoms with van der Waals surface area (Å²) < 4.78 is 7.47. The van der Waals surface area contributed by atoms with Gasteiger partial charge in [0.15, 0.2) is 11.5 Å². The van der Waals surface area contributed by atoms with E-state index in [4.69, 9.17) is 4.74 Å². The third-order valence-corrected chi connectivity index (χ3v) is 4.19. The Morgan fingerprint density at radius 1 is 1.21 bits per heavy atom. The molecule has 1 aromatic carbocycles. The maximum Gasteiger partial charge on any atom is 0.182 e. The number of rotatable bonds is 6. The zero-order chi connectivity index (χ0) is 17.1. The highest BCUT2D eigenvalue weighted by Gasteiger charge is 2.14. The van der Waals surface area contributed by atoms with E-state index >= 15 is 0 Å². The van der Waals surface area contributed by atoms with Crippen LogP contribution in [0.25, 0.3) is 17.0 Å². The van der Waals surface area contributed by atoms with E-state index < -0.39 is 0 Å². The lowest BCUT2D eigenvalue weighted by Crippen LogP contribution is -2.00. The van der Waals surface area contributed by atoms with Crippen LogP contribution in [0.15, 0.2) is 30.5 Å². The highest BCUT2D eigenvalue weighted by atomic mass is 32.1. The molecule has 2 heterocycles. The lowest BCUT2D eigenvalue weighted by Gasteiger charge is -2.11. The summed E-state index contributed by atoms with van der Waals surface area (Å²) in [6, 6.07) is 7.75. The minimum Gasteiger partial charge on any atom is -0.494 e. The number of aromatic nitrogens is 3. The van der Waals surface area contributed by atoms with Gasteiger partial charge < -0.3 is 9.84 Å². The molecule has 0 fully saturated rings. The van der Waals surface area contributed by atoms with Gasteiger partial charge in [-0.3, -0.25) is 0 Å². The van der Waals surface area contributed by atoms with Gasteiger partial charge >= 0.3 is 0 Å². The van der Waals surface area contributed by atoms with Crippen LogP contribution in [0.5, 0.6) is 5.75 Å². The summed E-state index contributed by atoms with van der Waals surface area (Å²) >= 11 is 4.20. The number of nitrogens with zero attached hydrogens (tertiary/aromatic N) is 3. The molecule has 0 radical (unpaired) electrons. The summed E-state index contributed by atoms with van der Waals surface area (Å²) in [5.41, 5.74) is 4.74. The molecule has 0 saturated heterocycles. The van der Waals surface area contributed by atoms with Crippen molar-refractivity contribution in [3.63, 3.8) is 0 Å². The molecule has 1 N–H and O–H groups in total. The molecule has 0 saturated carbocycles. The molecule has 0 spiro atoms. The number of pyridine rings is 1. The maximum absolute atomic E-state index is 9.25. The van der Waals surface area contributed by atoms with E-state index in [9.17, 15) is 5.11 Å². The fraction of sp³-hybridized carbons (Fsp3) is 0.333. The Bertz CT molecular complexity index is 838. The number of ether oxygens (including phenoxy) is 1. The van der Waals surface area contributed by atoms with Gasteiger partial charge in [-0.05, 0) is 60.9 Å². The molecule has 0 unspecified atom stereocenters. The molecule has 3 aromatic rings. The Morgan fingerprint density at radius 3 is 2.62 bits per heavy atom. The summed E-state index contributed by atoms with van der Waals surface area (Å²) in [5.74, 6) is 2.36. The van der Waals surface area contributed by atoms with Crippen molar-refractivity contribution in [2.75, 3.05) is 12.4 Å². The molecule has 0 bridgehead atoms. The molecule has 5 nitrogen and oxygen atoms in total. The first-order chi connectivity index (χ1) is 11.6. The SMILES string of the molecule is Cc1cc(OCCCS)cc(C)c1-c1nc2ccc(CO)cn2n1. The first-order valence-corrected chi connectivity index (χ1v) is 8.57. The molecule has 24 heavy (non-hydrogen) atoms. The van der Waals surface area contributed by atoms with Crippen LogP contribution in [-0.4, -0.2) is 32.1 Å². The Balaban J connectivity index is 1.96. The quantitative estimate of drug-likeness (QED) is 0.533. The maximum atomic E-state index is 9.25. The van der Waals surface area contributed by atoms with Gasteiger partial charge in [-0.1, -0.05) is 6.07 Å². The van der Waals surface area contributed by atoms with Gasteiger partial charge in [0.1, 0.15) is 5.75 Å². The Labute approximate surface area is 146 Å². The summed E-state index contributed by atoms with van der Waals surface area (Å²) in [6.45, 7) is 4.73. The zero-order valence-corrected chi connectivity index (χ0v) is 14.8. The molecule has 0 aliphatic carbocycles. The highest BCUT2D eigenvalue weighted by Crippen LogP contribution is 2.29. The minimum atomic E-state index is -0.0124. The van der Waals surface area contributed by atoms with Crippen molar-refractivity contribution in [1.29, 1.82) is 0 Å². The van der Waals surface area contributed by atoms with Crippen LogP contribution in [0, 0.1) is 13.8 Å². The van der Waals surface area contributed by atoms with Crippen molar-refractivity contribution in [2.45, 2.75) is 26.9 Å². The van der Waals surface area contributed by atoms with Crippen molar-refractivity contribution in [1.82, 2.24) is 14.6 Å². The molecule has 0 aliphatic heterocycles. The van der Waals surface area contributed by atoms with E-state index in [1.54, 1.807) is 10.7 Å². The van der Waals surface area contributed by atoms with E-state index in [0.717, 1.165) is 45.8 Å². The Hall–Kier alpha value is -2.05. The summed E-state index contributed by atoms with van der Waals surface area (Å²) in [4.78, 5) is 4.60. The van der Waals surface area contributed by atoms with E-state index in [0.29, 0.717) is 12.4 Å². The fourth-order valence-corrected chi connectivity index (χ4v) is 2.87. The van der Waals surface area contributed by atoms with Gasteiger partial charge in [0.25, 0.3) is 0 Å². The lowest BCUT2D eigenvalue weighted by atomic mass is 10.0. The highest BCUT2D eigenvalue weighted by molar-refractivity contribution is 7.80. The largest absolute Gasteiger partial charge is 0.494 e.